The molecule has 0 spiro atoms. The van der Waals surface area contributed by atoms with Crippen LogP contribution in [-0.2, 0) is 9.53 Å². The van der Waals surface area contributed by atoms with E-state index in [-0.39, 0.29) is 42.7 Å². The molecule has 2 aliphatic heterocycles. The Balaban J connectivity index is 0.00000210. The second kappa shape index (κ2) is 13.1. The van der Waals surface area contributed by atoms with Crippen LogP contribution in [0.5, 0.6) is 0 Å². The van der Waals surface area contributed by atoms with Crippen LogP contribution in [0.4, 0.5) is 0 Å². The minimum absolute atomic E-state index is 0. The van der Waals surface area contributed by atoms with E-state index in [1.807, 2.05) is 12.1 Å². The van der Waals surface area contributed by atoms with Crippen LogP contribution >= 0.6 is 24.8 Å². The lowest BCUT2D eigenvalue weighted by Gasteiger charge is -2.32. The van der Waals surface area contributed by atoms with Crippen molar-refractivity contribution < 1.29 is 14.3 Å². The molecule has 0 bridgehead atoms. The number of nitrogens with one attached hydrogen (secondary N) is 2. The van der Waals surface area contributed by atoms with Crippen molar-refractivity contribution in [2.24, 2.45) is 0 Å². The monoisotopic (exact) mass is 445 g/mol. The topological polar surface area (TPSA) is 70.7 Å². The molecule has 6 nitrogen and oxygen atoms in total. The molecule has 2 aliphatic rings. The summed E-state index contributed by atoms with van der Waals surface area (Å²) < 4.78 is 4.69. The molecule has 164 valence electrons. The van der Waals surface area contributed by atoms with Crippen molar-refractivity contribution in [1.82, 2.24) is 15.5 Å². The van der Waals surface area contributed by atoms with Gasteiger partial charge >= 0.3 is 5.97 Å². The van der Waals surface area contributed by atoms with Gasteiger partial charge in [-0.15, -0.1) is 24.8 Å². The van der Waals surface area contributed by atoms with Crippen molar-refractivity contribution in [2.45, 2.75) is 44.1 Å². The summed E-state index contributed by atoms with van der Waals surface area (Å²) in [6.45, 7) is 4.68. The molecule has 2 heterocycles. The highest BCUT2D eigenvalue weighted by molar-refractivity contribution is 5.94. The molecule has 0 aliphatic carbocycles. The smallest absolute Gasteiger partial charge is 0.306 e. The number of amides is 1. The average Bonchev–Trinajstić information content (AvgIpc) is 2.73. The van der Waals surface area contributed by atoms with Gasteiger partial charge in [0.15, 0.2) is 0 Å². The van der Waals surface area contributed by atoms with Crippen LogP contribution < -0.4 is 10.6 Å². The van der Waals surface area contributed by atoms with E-state index in [9.17, 15) is 9.59 Å². The van der Waals surface area contributed by atoms with Crippen LogP contribution in [-0.4, -0.2) is 62.7 Å². The predicted octanol–water partition coefficient (Wildman–Crippen LogP) is 2.75. The lowest BCUT2D eigenvalue weighted by molar-refractivity contribution is -0.141. The Labute approximate surface area is 185 Å². The van der Waals surface area contributed by atoms with Crippen molar-refractivity contribution in [1.29, 1.82) is 0 Å². The molecule has 0 radical (unpaired) electrons. The van der Waals surface area contributed by atoms with Crippen molar-refractivity contribution in [2.75, 3.05) is 39.8 Å². The molecule has 2 fully saturated rings. The van der Waals surface area contributed by atoms with Gasteiger partial charge < -0.3 is 20.3 Å². The molecule has 29 heavy (non-hydrogen) atoms. The van der Waals surface area contributed by atoms with Crippen LogP contribution in [0, 0.1) is 0 Å². The number of likely N-dealkylation sites (tertiary alicyclic amines) is 1. The molecule has 0 atom stereocenters. The van der Waals surface area contributed by atoms with E-state index in [1.165, 1.54) is 25.5 Å². The zero-order valence-electron chi connectivity index (χ0n) is 17.0. The molecule has 1 aromatic carbocycles. The Morgan fingerprint density at radius 1 is 1.07 bits per heavy atom. The molecule has 0 saturated carbocycles. The van der Waals surface area contributed by atoms with E-state index < -0.39 is 0 Å². The Kier molecular flexibility index (Phi) is 11.6. The highest BCUT2D eigenvalue weighted by Crippen LogP contribution is 2.25. The van der Waals surface area contributed by atoms with Crippen LogP contribution in [0.15, 0.2) is 24.3 Å². The maximum atomic E-state index is 12.5. The highest BCUT2D eigenvalue weighted by atomic mass is 35.5. The number of esters is 1. The molecule has 1 aromatic rings. The van der Waals surface area contributed by atoms with Crippen molar-refractivity contribution in [3.63, 3.8) is 0 Å². The molecular weight excluding hydrogens is 413 g/mol. The van der Waals surface area contributed by atoms with E-state index in [0.717, 1.165) is 51.1 Å². The lowest BCUT2D eigenvalue weighted by atomic mass is 9.90. The van der Waals surface area contributed by atoms with Crippen LogP contribution in [0.1, 0.15) is 53.9 Å². The van der Waals surface area contributed by atoms with E-state index in [1.54, 1.807) is 0 Å². The third-order valence-corrected chi connectivity index (χ3v) is 5.77. The molecule has 0 unspecified atom stereocenters. The number of halogens is 2. The van der Waals surface area contributed by atoms with Gasteiger partial charge in [-0.3, -0.25) is 9.59 Å². The number of carbonyl (C=O) groups is 2. The molecule has 0 aromatic heterocycles. The van der Waals surface area contributed by atoms with E-state index >= 15 is 0 Å². The summed E-state index contributed by atoms with van der Waals surface area (Å²) in [4.78, 5) is 26.0. The van der Waals surface area contributed by atoms with Gasteiger partial charge in [0, 0.05) is 31.2 Å². The Bertz CT molecular complexity index is 629. The number of carbonyl (C=O) groups excluding carboxylic acids is 2. The predicted molar refractivity (Wildman–Crippen MR) is 119 cm³/mol. The zero-order valence-corrected chi connectivity index (χ0v) is 18.7. The number of hydrogen-bond donors (Lipinski definition) is 2. The average molecular weight is 446 g/mol. The van der Waals surface area contributed by atoms with Gasteiger partial charge in [-0.1, -0.05) is 12.1 Å². The number of nitrogens with zero attached hydrogens (tertiary/aromatic N) is 1. The van der Waals surface area contributed by atoms with Gasteiger partial charge in [-0.05, 0) is 62.4 Å². The zero-order chi connectivity index (χ0) is 19.1. The first-order valence-electron chi connectivity index (χ1n) is 10.1. The van der Waals surface area contributed by atoms with Gasteiger partial charge in [-0.25, -0.2) is 0 Å². The summed E-state index contributed by atoms with van der Waals surface area (Å²) in [7, 11) is 1.42. The van der Waals surface area contributed by atoms with Crippen LogP contribution in [0.3, 0.4) is 0 Å². The van der Waals surface area contributed by atoms with E-state index in [0.29, 0.717) is 12.3 Å². The summed E-state index contributed by atoms with van der Waals surface area (Å²) in [5.41, 5.74) is 2.08. The van der Waals surface area contributed by atoms with Gasteiger partial charge in [0.25, 0.3) is 5.91 Å². The number of piperidine rings is 2. The molecule has 3 rings (SSSR count). The molecule has 2 N–H and O–H groups in total. The fourth-order valence-corrected chi connectivity index (χ4v) is 3.98. The van der Waals surface area contributed by atoms with Crippen LogP contribution in [0.2, 0.25) is 0 Å². The SMILES string of the molecule is COC(=O)CCN1CCC(NC(=O)c2ccc(C3CCNCC3)cc2)CC1.Cl.Cl. The van der Waals surface area contributed by atoms with Gasteiger partial charge in [0.2, 0.25) is 0 Å². The second-order valence-electron chi connectivity index (χ2n) is 7.56. The second-order valence-corrected chi connectivity index (χ2v) is 7.56. The van der Waals surface area contributed by atoms with E-state index in [4.69, 9.17) is 0 Å². The minimum Gasteiger partial charge on any atom is -0.469 e. The summed E-state index contributed by atoms with van der Waals surface area (Å²) in [5, 5.41) is 6.55. The van der Waals surface area contributed by atoms with Crippen molar-refractivity contribution in [3.05, 3.63) is 35.4 Å². The van der Waals surface area contributed by atoms with Gasteiger partial charge in [0.1, 0.15) is 0 Å². The summed E-state index contributed by atoms with van der Waals surface area (Å²) in [6.07, 6.45) is 4.59. The van der Waals surface area contributed by atoms with Gasteiger partial charge in [-0.2, -0.15) is 0 Å². The molecule has 8 heteroatoms. The normalized spacial score (nSPS) is 18.2. The quantitative estimate of drug-likeness (QED) is 0.658. The van der Waals surface area contributed by atoms with Gasteiger partial charge in [0.05, 0.1) is 13.5 Å². The molecule has 1 amide bonds. The largest absolute Gasteiger partial charge is 0.469 e. The Morgan fingerprint density at radius 3 is 2.28 bits per heavy atom. The molecule has 2 saturated heterocycles. The number of ether oxygens (including phenoxy) is 1. The number of hydrogen-bond acceptors (Lipinski definition) is 5. The Morgan fingerprint density at radius 2 is 1.69 bits per heavy atom. The third-order valence-electron chi connectivity index (χ3n) is 5.77. The minimum atomic E-state index is -0.168. The van der Waals surface area contributed by atoms with Crippen molar-refractivity contribution in [3.8, 4) is 0 Å². The number of rotatable bonds is 6. The van der Waals surface area contributed by atoms with E-state index in [2.05, 4.69) is 32.4 Å². The summed E-state index contributed by atoms with van der Waals surface area (Å²) >= 11 is 0. The van der Waals surface area contributed by atoms with Crippen LogP contribution in [0.25, 0.3) is 0 Å². The summed E-state index contributed by atoms with van der Waals surface area (Å²) in [5.74, 6) is 0.455. The lowest BCUT2D eigenvalue weighted by Crippen LogP contribution is -2.45. The maximum absolute atomic E-state index is 12.5. The standard InChI is InChI=1S/C21H31N3O3.2ClH/c1-27-20(25)10-15-24-13-8-19(9-14-24)23-21(26)18-4-2-16(3-5-18)17-6-11-22-12-7-17;;/h2-5,17,19,22H,6-15H2,1H3,(H,23,26);2*1H. The number of methoxy groups -OCH3 is 1. The highest BCUT2D eigenvalue weighted by Gasteiger charge is 2.22. The fraction of sp³-hybridized carbons (Fsp3) is 0.619. The first-order valence-corrected chi connectivity index (χ1v) is 10.1. The third kappa shape index (κ3) is 7.78. The first kappa shape index (κ1) is 25.7. The first-order chi connectivity index (χ1) is 13.2. The number of benzene rings is 1. The van der Waals surface area contributed by atoms with Crippen molar-refractivity contribution >= 4 is 36.7 Å². The maximum Gasteiger partial charge on any atom is 0.306 e. The molecular formula is C21H33Cl2N3O3. The Hall–Kier alpha value is -1.34. The summed E-state index contributed by atoms with van der Waals surface area (Å²) in [6, 6.07) is 8.34. The fourth-order valence-electron chi connectivity index (χ4n) is 3.98.